The number of benzene rings is 1. The zero-order valence-corrected chi connectivity index (χ0v) is 21.6. The van der Waals surface area contributed by atoms with Gasteiger partial charge in [0, 0.05) is 7.05 Å². The molecule has 5 atom stereocenters. The molecule has 0 aliphatic carbocycles. The maximum atomic E-state index is 16.5. The number of anilines is 2. The van der Waals surface area contributed by atoms with E-state index in [4.69, 9.17) is 25.7 Å². The Balaban J connectivity index is 1.62. The first kappa shape index (κ1) is 27.2. The van der Waals surface area contributed by atoms with Crippen LogP contribution in [0, 0.1) is 5.92 Å². The maximum Gasteiger partial charge on any atom is 0.323 e. The van der Waals surface area contributed by atoms with E-state index in [9.17, 15) is 9.59 Å². The third-order valence-electron chi connectivity index (χ3n) is 6.44. The molecule has 12 nitrogen and oxygen atoms in total. The van der Waals surface area contributed by atoms with Crippen molar-refractivity contribution in [3.05, 3.63) is 42.2 Å². The standard InChI is InChI=1S/C25H32FN7O5/c1-13(2)17(27)22(35)38-19-15(11-36-16(34)10-14-8-6-5-7-9-14)37-23(25(19,3)26)33-12-30-18-20(29-4)31-24(28)32-21(18)33/h5-9,12-13,15,17,19,23H,10-11,27H2,1-4H3,(H3,28,29,31,32)/t15-,17+,19-,23?,25?/m1/s1. The van der Waals surface area contributed by atoms with Crippen molar-refractivity contribution in [2.45, 2.75) is 57.3 Å². The quantitative estimate of drug-likeness (QED) is 0.345. The predicted molar refractivity (Wildman–Crippen MR) is 137 cm³/mol. The number of aromatic nitrogens is 4. The van der Waals surface area contributed by atoms with Crippen LogP contribution in [0.15, 0.2) is 36.7 Å². The average molecular weight is 530 g/mol. The predicted octanol–water partition coefficient (Wildman–Crippen LogP) is 1.76. The first-order valence-corrected chi connectivity index (χ1v) is 12.2. The van der Waals surface area contributed by atoms with Crippen molar-refractivity contribution in [3.8, 4) is 0 Å². The monoisotopic (exact) mass is 529 g/mol. The van der Waals surface area contributed by atoms with Crippen LogP contribution in [0.1, 0.15) is 32.6 Å². The van der Waals surface area contributed by atoms with E-state index in [0.29, 0.717) is 11.3 Å². The fraction of sp³-hybridized carbons (Fsp3) is 0.480. The molecule has 1 saturated heterocycles. The number of carbonyl (C=O) groups excluding carboxylic acids is 2. The van der Waals surface area contributed by atoms with Gasteiger partial charge in [-0.1, -0.05) is 44.2 Å². The summed E-state index contributed by atoms with van der Waals surface area (Å²) in [6.45, 7) is 4.37. The number of nitrogens with zero attached hydrogens (tertiary/aromatic N) is 4. The number of carbonyl (C=O) groups is 2. The highest BCUT2D eigenvalue weighted by atomic mass is 19.1. The molecule has 1 fully saturated rings. The third kappa shape index (κ3) is 5.38. The lowest BCUT2D eigenvalue weighted by molar-refractivity contribution is -0.163. The summed E-state index contributed by atoms with van der Waals surface area (Å²) in [5.74, 6) is -1.29. The Labute approximate surface area is 218 Å². The molecule has 0 spiro atoms. The molecule has 2 aromatic heterocycles. The Bertz CT molecular complexity index is 1300. The van der Waals surface area contributed by atoms with Gasteiger partial charge in [-0.05, 0) is 18.4 Å². The van der Waals surface area contributed by atoms with Gasteiger partial charge in [0.05, 0.1) is 12.7 Å². The van der Waals surface area contributed by atoms with E-state index < -0.39 is 42.1 Å². The highest BCUT2D eigenvalue weighted by molar-refractivity contribution is 5.84. The van der Waals surface area contributed by atoms with Gasteiger partial charge in [0.25, 0.3) is 0 Å². The first-order valence-electron chi connectivity index (χ1n) is 12.2. The SMILES string of the molecule is CNc1nc(N)nc2c1ncn2C1O[C@H](COC(=O)Cc2ccccc2)[C@@H](OC(=O)[C@@H](N)C(C)C)C1(C)F. The number of ether oxygens (including phenoxy) is 3. The molecule has 1 aromatic carbocycles. The normalized spacial score (nSPS) is 23.9. The van der Waals surface area contributed by atoms with Gasteiger partial charge in [-0.2, -0.15) is 9.97 Å². The summed E-state index contributed by atoms with van der Waals surface area (Å²) in [5.41, 5.74) is 10.8. The number of halogens is 1. The molecule has 1 aliphatic heterocycles. The van der Waals surface area contributed by atoms with Crippen molar-refractivity contribution in [2.24, 2.45) is 11.7 Å². The minimum absolute atomic E-state index is 0.0156. The van der Waals surface area contributed by atoms with E-state index in [1.165, 1.54) is 17.8 Å². The third-order valence-corrected chi connectivity index (χ3v) is 6.44. The van der Waals surface area contributed by atoms with Crippen LogP contribution in [0.2, 0.25) is 0 Å². The lowest BCUT2D eigenvalue weighted by Gasteiger charge is -2.29. The Morgan fingerprint density at radius 1 is 1.26 bits per heavy atom. The van der Waals surface area contributed by atoms with E-state index in [1.54, 1.807) is 45.2 Å². The lowest BCUT2D eigenvalue weighted by atomic mass is 9.97. The first-order chi connectivity index (χ1) is 18.0. The van der Waals surface area contributed by atoms with Crippen molar-refractivity contribution in [2.75, 3.05) is 24.7 Å². The highest BCUT2D eigenvalue weighted by Gasteiger charge is 2.59. The van der Waals surface area contributed by atoms with Crippen molar-refractivity contribution >= 4 is 34.9 Å². The number of alkyl halides is 1. The number of fused-ring (bicyclic) bond motifs is 1. The molecular formula is C25H32FN7O5. The van der Waals surface area contributed by atoms with Crippen LogP contribution in [0.25, 0.3) is 11.2 Å². The largest absolute Gasteiger partial charge is 0.463 e. The summed E-state index contributed by atoms with van der Waals surface area (Å²) in [5, 5.41) is 2.87. The number of nitrogens with two attached hydrogens (primary N) is 2. The molecule has 13 heteroatoms. The van der Waals surface area contributed by atoms with Crippen LogP contribution < -0.4 is 16.8 Å². The van der Waals surface area contributed by atoms with E-state index in [-0.39, 0.29) is 30.5 Å². The Kier molecular flexibility index (Phi) is 7.78. The summed E-state index contributed by atoms with van der Waals surface area (Å²) < 4.78 is 34.9. The number of hydrogen-bond acceptors (Lipinski definition) is 11. The van der Waals surface area contributed by atoms with Crippen molar-refractivity contribution < 1.29 is 28.2 Å². The van der Waals surface area contributed by atoms with Gasteiger partial charge in [-0.3, -0.25) is 14.2 Å². The van der Waals surface area contributed by atoms with Crippen molar-refractivity contribution in [1.82, 2.24) is 19.5 Å². The topological polar surface area (TPSA) is 170 Å². The molecule has 3 heterocycles. The molecular weight excluding hydrogens is 497 g/mol. The second-order valence-electron chi connectivity index (χ2n) is 9.66. The van der Waals surface area contributed by atoms with Gasteiger partial charge in [0.1, 0.15) is 18.8 Å². The van der Waals surface area contributed by atoms with Crippen LogP contribution in [-0.2, 0) is 30.2 Å². The molecule has 204 valence electrons. The van der Waals surface area contributed by atoms with Crippen LogP contribution >= 0.6 is 0 Å². The maximum absolute atomic E-state index is 16.5. The lowest BCUT2D eigenvalue weighted by Crippen LogP contribution is -2.48. The van der Waals surface area contributed by atoms with E-state index >= 15 is 4.39 Å². The van der Waals surface area contributed by atoms with Crippen LogP contribution in [-0.4, -0.2) is 69.0 Å². The Morgan fingerprint density at radius 2 is 1.97 bits per heavy atom. The van der Waals surface area contributed by atoms with Crippen LogP contribution in [0.4, 0.5) is 16.2 Å². The van der Waals surface area contributed by atoms with Gasteiger partial charge in [0.2, 0.25) is 5.95 Å². The summed E-state index contributed by atoms with van der Waals surface area (Å²) >= 11 is 0. The van der Waals surface area contributed by atoms with Crippen molar-refractivity contribution in [1.29, 1.82) is 0 Å². The molecule has 1 aliphatic rings. The van der Waals surface area contributed by atoms with Gasteiger partial charge < -0.3 is 31.0 Å². The molecule has 0 bridgehead atoms. The Hall–Kier alpha value is -3.84. The van der Waals surface area contributed by atoms with Crippen molar-refractivity contribution in [3.63, 3.8) is 0 Å². The van der Waals surface area contributed by atoms with Crippen LogP contribution in [0.5, 0.6) is 0 Å². The zero-order chi connectivity index (χ0) is 27.6. The zero-order valence-electron chi connectivity index (χ0n) is 21.6. The summed E-state index contributed by atoms with van der Waals surface area (Å²) in [6.07, 6.45) is -2.59. The number of imidazole rings is 1. The molecule has 0 radical (unpaired) electrons. The molecule has 0 saturated carbocycles. The number of nitrogens with one attached hydrogen (secondary N) is 1. The van der Waals surface area contributed by atoms with Gasteiger partial charge in [0.15, 0.2) is 35.0 Å². The molecule has 5 N–H and O–H groups in total. The molecule has 0 amide bonds. The second kappa shape index (κ2) is 10.9. The number of hydrogen-bond donors (Lipinski definition) is 3. The summed E-state index contributed by atoms with van der Waals surface area (Å²) in [6, 6.07) is 8.04. The highest BCUT2D eigenvalue weighted by Crippen LogP contribution is 2.44. The number of nitrogen functional groups attached to an aromatic ring is 1. The minimum atomic E-state index is -2.30. The average Bonchev–Trinajstić information content (AvgIpc) is 3.40. The van der Waals surface area contributed by atoms with E-state index in [2.05, 4.69) is 20.3 Å². The van der Waals surface area contributed by atoms with E-state index in [0.717, 1.165) is 5.56 Å². The second-order valence-corrected chi connectivity index (χ2v) is 9.66. The summed E-state index contributed by atoms with van der Waals surface area (Å²) in [4.78, 5) is 37.8. The minimum Gasteiger partial charge on any atom is -0.463 e. The number of rotatable bonds is 9. The van der Waals surface area contributed by atoms with Crippen LogP contribution in [0.3, 0.4) is 0 Å². The van der Waals surface area contributed by atoms with Gasteiger partial charge in [-0.15, -0.1) is 0 Å². The molecule has 3 aromatic rings. The Morgan fingerprint density at radius 3 is 2.63 bits per heavy atom. The van der Waals surface area contributed by atoms with Gasteiger partial charge in [-0.25, -0.2) is 9.37 Å². The number of esters is 2. The van der Waals surface area contributed by atoms with E-state index in [1.807, 2.05) is 6.07 Å². The molecule has 2 unspecified atom stereocenters. The van der Waals surface area contributed by atoms with Gasteiger partial charge >= 0.3 is 11.9 Å². The fourth-order valence-corrected chi connectivity index (χ4v) is 4.27. The molecule has 4 rings (SSSR count). The summed E-state index contributed by atoms with van der Waals surface area (Å²) in [7, 11) is 1.64. The fourth-order valence-electron chi connectivity index (χ4n) is 4.27. The smallest absolute Gasteiger partial charge is 0.323 e. The molecule has 38 heavy (non-hydrogen) atoms.